The van der Waals surface area contributed by atoms with E-state index in [4.69, 9.17) is 0 Å². The van der Waals surface area contributed by atoms with Crippen molar-refractivity contribution in [3.63, 3.8) is 0 Å². The zero-order chi connectivity index (χ0) is 17.0. The van der Waals surface area contributed by atoms with Gasteiger partial charge in [-0.15, -0.1) is 0 Å². The number of allylic oxidation sites excluding steroid dienone is 4. The van der Waals surface area contributed by atoms with Crippen LogP contribution in [0.4, 0.5) is 0 Å². The third kappa shape index (κ3) is 3.85. The van der Waals surface area contributed by atoms with Gasteiger partial charge in [0, 0.05) is 23.7 Å². The molecule has 0 aliphatic heterocycles. The summed E-state index contributed by atoms with van der Waals surface area (Å²) in [5, 5.41) is 0. The molecule has 0 heterocycles. The van der Waals surface area contributed by atoms with Crippen LogP contribution in [0.25, 0.3) is 0 Å². The number of ketones is 2. The molecule has 122 valence electrons. The molecular formula is C20H30O2. The molecule has 0 saturated carbocycles. The van der Waals surface area contributed by atoms with E-state index < -0.39 is 10.8 Å². The highest BCUT2D eigenvalue weighted by Gasteiger charge is 2.39. The number of rotatable bonds is 2. The first-order chi connectivity index (χ1) is 10.1. The summed E-state index contributed by atoms with van der Waals surface area (Å²) < 4.78 is 0. The van der Waals surface area contributed by atoms with Crippen molar-refractivity contribution in [1.82, 2.24) is 0 Å². The number of carbonyl (C=O) groups is 2. The summed E-state index contributed by atoms with van der Waals surface area (Å²) >= 11 is 0. The molecule has 0 aromatic heterocycles. The minimum atomic E-state index is -0.552. The Morgan fingerprint density at radius 3 is 1.45 bits per heavy atom. The van der Waals surface area contributed by atoms with Crippen LogP contribution in [0.2, 0.25) is 0 Å². The van der Waals surface area contributed by atoms with E-state index >= 15 is 0 Å². The molecule has 2 heteroatoms. The van der Waals surface area contributed by atoms with Crippen molar-refractivity contribution in [2.45, 2.75) is 66.2 Å². The molecule has 2 unspecified atom stereocenters. The molecule has 0 bridgehead atoms. The van der Waals surface area contributed by atoms with Crippen LogP contribution in [0.1, 0.15) is 66.2 Å². The lowest BCUT2D eigenvalue weighted by Crippen LogP contribution is -2.35. The fourth-order valence-corrected chi connectivity index (χ4v) is 2.90. The maximum Gasteiger partial charge on any atom is 0.143 e. The third-order valence-corrected chi connectivity index (χ3v) is 5.48. The topological polar surface area (TPSA) is 34.1 Å². The maximum absolute atomic E-state index is 12.7. The van der Waals surface area contributed by atoms with Crippen LogP contribution in [0.15, 0.2) is 36.5 Å². The molecule has 0 amide bonds. The molecule has 1 aliphatic rings. The van der Waals surface area contributed by atoms with Gasteiger partial charge in [0.1, 0.15) is 11.6 Å². The Morgan fingerprint density at radius 1 is 0.864 bits per heavy atom. The first kappa shape index (κ1) is 18.6. The number of hydrogen-bond acceptors (Lipinski definition) is 2. The Balaban J connectivity index is 3.18. The van der Waals surface area contributed by atoms with Gasteiger partial charge >= 0.3 is 0 Å². The Morgan fingerprint density at radius 2 is 1.18 bits per heavy atom. The van der Waals surface area contributed by atoms with Gasteiger partial charge in [0.2, 0.25) is 0 Å². The molecule has 0 N–H and O–H groups in total. The summed E-state index contributed by atoms with van der Waals surface area (Å²) in [4.78, 5) is 25.3. The smallest absolute Gasteiger partial charge is 0.143 e. The molecule has 1 rings (SSSR count). The van der Waals surface area contributed by atoms with Gasteiger partial charge < -0.3 is 0 Å². The lowest BCUT2D eigenvalue weighted by Gasteiger charge is -2.35. The number of carbonyl (C=O) groups excluding carboxylic acids is 2. The van der Waals surface area contributed by atoms with Crippen molar-refractivity contribution < 1.29 is 9.59 Å². The van der Waals surface area contributed by atoms with Gasteiger partial charge in [-0.2, -0.15) is 0 Å². The second kappa shape index (κ2) is 7.21. The van der Waals surface area contributed by atoms with Gasteiger partial charge in [0.15, 0.2) is 0 Å². The Labute approximate surface area is 135 Å². The Hall–Kier alpha value is -1.44. The van der Waals surface area contributed by atoms with Gasteiger partial charge in [0.25, 0.3) is 0 Å². The molecule has 0 radical (unpaired) electrons. The zero-order valence-corrected chi connectivity index (χ0v) is 14.6. The second-order valence-electron chi connectivity index (χ2n) is 7.12. The van der Waals surface area contributed by atoms with Crippen molar-refractivity contribution >= 4 is 11.6 Å². The largest absolute Gasteiger partial charge is 0.299 e. The van der Waals surface area contributed by atoms with E-state index in [1.807, 2.05) is 39.8 Å². The normalized spacial score (nSPS) is 32.7. The summed E-state index contributed by atoms with van der Waals surface area (Å²) in [5.41, 5.74) is 0.665. The SMILES string of the molecule is C=C(C)C1(C)CCC(C)(C(=C)C)C(=O)CC/C=C/CCC1=O. The van der Waals surface area contributed by atoms with Crippen LogP contribution >= 0.6 is 0 Å². The van der Waals surface area contributed by atoms with Crippen LogP contribution < -0.4 is 0 Å². The van der Waals surface area contributed by atoms with E-state index in [0.717, 1.165) is 24.0 Å². The quantitative estimate of drug-likeness (QED) is 0.657. The molecule has 0 aromatic carbocycles. The highest BCUT2D eigenvalue weighted by Crippen LogP contribution is 2.42. The molecule has 0 fully saturated rings. The minimum Gasteiger partial charge on any atom is -0.299 e. The van der Waals surface area contributed by atoms with Gasteiger partial charge in [-0.25, -0.2) is 0 Å². The minimum absolute atomic E-state index is 0.224. The summed E-state index contributed by atoms with van der Waals surface area (Å²) in [7, 11) is 0. The van der Waals surface area contributed by atoms with Gasteiger partial charge in [0.05, 0.1) is 0 Å². The number of Topliss-reactive ketones (excluding diaryl/α,β-unsaturated/α-hetero) is 2. The molecule has 0 saturated heterocycles. The predicted octanol–water partition coefficient (Wildman–Crippen LogP) is 5.20. The van der Waals surface area contributed by atoms with Crippen molar-refractivity contribution in [3.05, 3.63) is 36.5 Å². The van der Waals surface area contributed by atoms with Gasteiger partial charge in [-0.1, -0.05) is 36.5 Å². The molecule has 22 heavy (non-hydrogen) atoms. The van der Waals surface area contributed by atoms with Crippen LogP contribution in [0.3, 0.4) is 0 Å². The highest BCUT2D eigenvalue weighted by atomic mass is 16.1. The van der Waals surface area contributed by atoms with Crippen LogP contribution in [-0.2, 0) is 9.59 Å². The van der Waals surface area contributed by atoms with Crippen molar-refractivity contribution in [3.8, 4) is 0 Å². The fraction of sp³-hybridized carbons (Fsp3) is 0.600. The average Bonchev–Trinajstić information content (AvgIpc) is 2.45. The van der Waals surface area contributed by atoms with Crippen LogP contribution in [0, 0.1) is 10.8 Å². The van der Waals surface area contributed by atoms with Gasteiger partial charge in [-0.05, 0) is 53.4 Å². The summed E-state index contributed by atoms with van der Waals surface area (Å²) in [6.07, 6.45) is 7.91. The third-order valence-electron chi connectivity index (χ3n) is 5.48. The molecule has 0 aromatic rings. The van der Waals surface area contributed by atoms with E-state index in [1.165, 1.54) is 0 Å². The Bertz CT molecular complexity index is 466. The molecule has 2 nitrogen and oxygen atoms in total. The van der Waals surface area contributed by atoms with E-state index in [-0.39, 0.29) is 11.6 Å². The Kier molecular flexibility index (Phi) is 6.10. The molecule has 1 aliphatic carbocycles. The standard InChI is InChI=1S/C20H30O2/c1-15(2)19(5)13-14-20(6,16(3)4)18(22)12-10-8-7-9-11-17(19)21/h7-8H,1,3,9-14H2,2,4-6H3/b8-7+. The molecule has 2 atom stereocenters. The first-order valence-electron chi connectivity index (χ1n) is 8.18. The zero-order valence-electron chi connectivity index (χ0n) is 14.6. The number of hydrogen-bond donors (Lipinski definition) is 0. The molecule has 0 spiro atoms. The maximum atomic E-state index is 12.7. The van der Waals surface area contributed by atoms with Crippen molar-refractivity contribution in [1.29, 1.82) is 0 Å². The van der Waals surface area contributed by atoms with E-state index in [1.54, 1.807) is 0 Å². The lowest BCUT2D eigenvalue weighted by molar-refractivity contribution is -0.129. The lowest BCUT2D eigenvalue weighted by atomic mass is 9.67. The fourth-order valence-electron chi connectivity index (χ4n) is 2.90. The van der Waals surface area contributed by atoms with E-state index in [2.05, 4.69) is 13.2 Å². The van der Waals surface area contributed by atoms with Crippen LogP contribution in [-0.4, -0.2) is 11.6 Å². The van der Waals surface area contributed by atoms with Crippen LogP contribution in [0.5, 0.6) is 0 Å². The predicted molar refractivity (Wildman–Crippen MR) is 92.7 cm³/mol. The first-order valence-corrected chi connectivity index (χ1v) is 8.18. The average molecular weight is 302 g/mol. The van der Waals surface area contributed by atoms with Crippen molar-refractivity contribution in [2.24, 2.45) is 10.8 Å². The summed E-state index contributed by atoms with van der Waals surface area (Å²) in [6, 6.07) is 0. The van der Waals surface area contributed by atoms with E-state index in [0.29, 0.717) is 25.7 Å². The monoisotopic (exact) mass is 302 g/mol. The molecular weight excluding hydrogens is 272 g/mol. The summed E-state index contributed by atoms with van der Waals surface area (Å²) in [6.45, 7) is 15.8. The highest BCUT2D eigenvalue weighted by molar-refractivity contribution is 5.89. The summed E-state index contributed by atoms with van der Waals surface area (Å²) in [5.74, 6) is 0.448. The van der Waals surface area contributed by atoms with Crippen molar-refractivity contribution in [2.75, 3.05) is 0 Å². The van der Waals surface area contributed by atoms with Gasteiger partial charge in [-0.3, -0.25) is 9.59 Å². The second-order valence-corrected chi connectivity index (χ2v) is 7.12. The van der Waals surface area contributed by atoms with E-state index in [9.17, 15) is 9.59 Å².